The van der Waals surface area contributed by atoms with Gasteiger partial charge in [0.1, 0.15) is 0 Å². The van der Waals surface area contributed by atoms with Crippen molar-refractivity contribution in [2.24, 2.45) is 0 Å². The average Bonchev–Trinajstić information content (AvgIpc) is 2.34. The summed E-state index contributed by atoms with van der Waals surface area (Å²) in [7, 11) is 0. The normalized spacial score (nSPS) is 9.47. The molecule has 90 valence electrons. The number of ether oxygens (including phenoxy) is 1. The van der Waals surface area contributed by atoms with Gasteiger partial charge in [-0.3, -0.25) is 4.79 Å². The molecular formula is C12H12INO3. The molecular weight excluding hydrogens is 333 g/mol. The lowest BCUT2D eigenvalue weighted by molar-refractivity contribution is -0.124. The van der Waals surface area contributed by atoms with Crippen molar-refractivity contribution in [3.05, 3.63) is 46.1 Å². The van der Waals surface area contributed by atoms with Gasteiger partial charge in [0.05, 0.1) is 5.56 Å². The van der Waals surface area contributed by atoms with Crippen LogP contribution in [0, 0.1) is 3.57 Å². The van der Waals surface area contributed by atoms with Gasteiger partial charge in [0, 0.05) is 10.1 Å². The second kappa shape index (κ2) is 7.05. The van der Waals surface area contributed by atoms with E-state index in [0.29, 0.717) is 12.1 Å². The molecule has 0 aromatic heterocycles. The summed E-state index contributed by atoms with van der Waals surface area (Å²) in [5.74, 6) is -0.840. The molecule has 0 saturated carbocycles. The van der Waals surface area contributed by atoms with Crippen LogP contribution in [0.15, 0.2) is 36.9 Å². The first-order chi connectivity index (χ1) is 8.15. The highest BCUT2D eigenvalue weighted by Gasteiger charge is 2.12. The predicted molar refractivity (Wildman–Crippen MR) is 72.6 cm³/mol. The van der Waals surface area contributed by atoms with Gasteiger partial charge in [-0.05, 0) is 34.7 Å². The van der Waals surface area contributed by atoms with E-state index in [2.05, 4.69) is 11.9 Å². The minimum absolute atomic E-state index is 0.280. The van der Waals surface area contributed by atoms with Crippen molar-refractivity contribution in [3.8, 4) is 0 Å². The van der Waals surface area contributed by atoms with Crippen molar-refractivity contribution >= 4 is 34.5 Å². The Bertz CT molecular complexity index is 432. The van der Waals surface area contributed by atoms with Crippen molar-refractivity contribution < 1.29 is 14.3 Å². The summed E-state index contributed by atoms with van der Waals surface area (Å²) in [6, 6.07) is 7.03. The van der Waals surface area contributed by atoms with E-state index in [-0.39, 0.29) is 12.5 Å². The lowest BCUT2D eigenvalue weighted by Crippen LogP contribution is -2.28. The third-order valence-corrected chi connectivity index (χ3v) is 2.81. The Morgan fingerprint density at radius 1 is 1.41 bits per heavy atom. The van der Waals surface area contributed by atoms with E-state index in [1.165, 1.54) is 0 Å². The van der Waals surface area contributed by atoms with Crippen molar-refractivity contribution in [1.29, 1.82) is 0 Å². The summed E-state index contributed by atoms with van der Waals surface area (Å²) in [6.07, 6.45) is 1.56. The number of hydrogen-bond donors (Lipinski definition) is 1. The van der Waals surface area contributed by atoms with Crippen LogP contribution in [0.25, 0.3) is 0 Å². The van der Waals surface area contributed by atoms with Gasteiger partial charge >= 0.3 is 5.97 Å². The van der Waals surface area contributed by atoms with Gasteiger partial charge in [-0.15, -0.1) is 6.58 Å². The monoisotopic (exact) mass is 345 g/mol. The Balaban J connectivity index is 2.48. The molecule has 1 aromatic rings. The second-order valence-corrected chi connectivity index (χ2v) is 4.31. The fourth-order valence-corrected chi connectivity index (χ4v) is 1.68. The molecule has 0 unspecified atom stereocenters. The molecule has 0 spiro atoms. The maximum Gasteiger partial charge on any atom is 0.339 e. The van der Waals surface area contributed by atoms with Crippen molar-refractivity contribution in [1.82, 2.24) is 5.32 Å². The molecule has 0 heterocycles. The molecule has 0 aliphatic carbocycles. The topological polar surface area (TPSA) is 55.4 Å². The highest BCUT2D eigenvalue weighted by molar-refractivity contribution is 14.1. The van der Waals surface area contributed by atoms with Crippen LogP contribution < -0.4 is 5.32 Å². The number of esters is 1. The van der Waals surface area contributed by atoms with Gasteiger partial charge in [-0.2, -0.15) is 0 Å². The summed E-state index contributed by atoms with van der Waals surface area (Å²) in [6.45, 7) is 3.54. The van der Waals surface area contributed by atoms with E-state index < -0.39 is 5.97 Å². The summed E-state index contributed by atoms with van der Waals surface area (Å²) in [5, 5.41) is 2.52. The zero-order valence-electron chi connectivity index (χ0n) is 9.11. The number of benzene rings is 1. The van der Waals surface area contributed by atoms with Gasteiger partial charge in [-0.1, -0.05) is 18.2 Å². The van der Waals surface area contributed by atoms with Crippen LogP contribution >= 0.6 is 22.6 Å². The smallest absolute Gasteiger partial charge is 0.339 e. The lowest BCUT2D eigenvalue weighted by Gasteiger charge is -2.06. The standard InChI is InChI=1S/C12H12INO3/c1-2-7-14-11(15)8-17-12(16)9-5-3-4-6-10(9)13/h2-6H,1,7-8H2,(H,14,15). The molecule has 1 rings (SSSR count). The second-order valence-electron chi connectivity index (χ2n) is 3.15. The van der Waals surface area contributed by atoms with Gasteiger partial charge in [-0.25, -0.2) is 4.79 Å². The first-order valence-corrected chi connectivity index (χ1v) is 6.02. The molecule has 0 aliphatic heterocycles. The molecule has 0 atom stereocenters. The number of halogens is 1. The maximum atomic E-state index is 11.6. The first-order valence-electron chi connectivity index (χ1n) is 4.94. The van der Waals surface area contributed by atoms with Crippen LogP contribution in [-0.4, -0.2) is 25.0 Å². The van der Waals surface area contributed by atoms with E-state index in [4.69, 9.17) is 4.74 Å². The fourth-order valence-electron chi connectivity index (χ4n) is 1.07. The molecule has 17 heavy (non-hydrogen) atoms. The minimum atomic E-state index is -0.497. The molecule has 1 N–H and O–H groups in total. The molecule has 0 aliphatic rings. The van der Waals surface area contributed by atoms with Gasteiger partial charge in [0.25, 0.3) is 5.91 Å². The largest absolute Gasteiger partial charge is 0.452 e. The number of amides is 1. The van der Waals surface area contributed by atoms with Crippen LogP contribution in [0.1, 0.15) is 10.4 Å². The van der Waals surface area contributed by atoms with E-state index in [9.17, 15) is 9.59 Å². The van der Waals surface area contributed by atoms with Crippen LogP contribution in [0.4, 0.5) is 0 Å². The molecule has 0 fully saturated rings. The lowest BCUT2D eigenvalue weighted by atomic mass is 10.2. The molecule has 5 heteroatoms. The Kier molecular flexibility index (Phi) is 5.68. The molecule has 0 radical (unpaired) electrons. The molecule has 0 saturated heterocycles. The number of carbonyl (C=O) groups excluding carboxylic acids is 2. The van der Waals surface area contributed by atoms with Crippen LogP contribution in [0.3, 0.4) is 0 Å². The number of hydrogen-bond acceptors (Lipinski definition) is 3. The fraction of sp³-hybridized carbons (Fsp3) is 0.167. The highest BCUT2D eigenvalue weighted by Crippen LogP contribution is 2.12. The predicted octanol–water partition coefficient (Wildman–Crippen LogP) is 1.75. The third kappa shape index (κ3) is 4.56. The summed E-state index contributed by atoms with van der Waals surface area (Å²) in [4.78, 5) is 22.8. The maximum absolute atomic E-state index is 11.6. The average molecular weight is 345 g/mol. The molecule has 0 bridgehead atoms. The SMILES string of the molecule is C=CCNC(=O)COC(=O)c1ccccc1I. The van der Waals surface area contributed by atoms with E-state index in [1.807, 2.05) is 28.7 Å². The Morgan fingerprint density at radius 3 is 2.76 bits per heavy atom. The summed E-state index contributed by atoms with van der Waals surface area (Å²) in [5.41, 5.74) is 0.463. The van der Waals surface area contributed by atoms with Crippen LogP contribution in [0.5, 0.6) is 0 Å². The Morgan fingerprint density at radius 2 is 2.12 bits per heavy atom. The first kappa shape index (κ1) is 13.7. The van der Waals surface area contributed by atoms with E-state index in [1.54, 1.807) is 24.3 Å². The van der Waals surface area contributed by atoms with Crippen LogP contribution in [0.2, 0.25) is 0 Å². The Labute approximate surface area is 113 Å². The molecule has 1 amide bonds. The molecule has 1 aromatic carbocycles. The Hall–Kier alpha value is -1.37. The van der Waals surface area contributed by atoms with Crippen molar-refractivity contribution in [2.45, 2.75) is 0 Å². The number of rotatable bonds is 5. The molecule has 4 nitrogen and oxygen atoms in total. The van der Waals surface area contributed by atoms with Crippen molar-refractivity contribution in [2.75, 3.05) is 13.2 Å². The van der Waals surface area contributed by atoms with E-state index >= 15 is 0 Å². The van der Waals surface area contributed by atoms with E-state index in [0.717, 1.165) is 3.57 Å². The zero-order chi connectivity index (χ0) is 12.7. The van der Waals surface area contributed by atoms with Gasteiger partial charge in [0.15, 0.2) is 6.61 Å². The number of carbonyl (C=O) groups is 2. The van der Waals surface area contributed by atoms with Crippen LogP contribution in [-0.2, 0) is 9.53 Å². The summed E-state index contributed by atoms with van der Waals surface area (Å²) >= 11 is 2.04. The quantitative estimate of drug-likeness (QED) is 0.503. The third-order valence-electron chi connectivity index (χ3n) is 1.87. The summed E-state index contributed by atoms with van der Waals surface area (Å²) < 4.78 is 5.67. The zero-order valence-corrected chi connectivity index (χ0v) is 11.3. The highest BCUT2D eigenvalue weighted by atomic mass is 127. The van der Waals surface area contributed by atoms with Crippen molar-refractivity contribution in [3.63, 3.8) is 0 Å². The van der Waals surface area contributed by atoms with Gasteiger partial charge < -0.3 is 10.1 Å². The number of nitrogens with one attached hydrogen (secondary N) is 1. The minimum Gasteiger partial charge on any atom is -0.452 e. The van der Waals surface area contributed by atoms with Gasteiger partial charge in [0.2, 0.25) is 0 Å².